The summed E-state index contributed by atoms with van der Waals surface area (Å²) >= 11 is 1.93. The van der Waals surface area contributed by atoms with E-state index in [1.54, 1.807) is 20.8 Å². The van der Waals surface area contributed by atoms with Crippen LogP contribution in [-0.2, 0) is 9.47 Å². The summed E-state index contributed by atoms with van der Waals surface area (Å²) in [5, 5.41) is 7.11. The highest BCUT2D eigenvalue weighted by Crippen LogP contribution is 2.46. The summed E-state index contributed by atoms with van der Waals surface area (Å²) in [4.78, 5) is 54.9. The van der Waals surface area contributed by atoms with Crippen LogP contribution in [0, 0.1) is 11.8 Å². The lowest BCUT2D eigenvalue weighted by Crippen LogP contribution is -2.35. The van der Waals surface area contributed by atoms with Crippen molar-refractivity contribution in [3.63, 3.8) is 0 Å². The molecule has 16 nitrogen and oxygen atoms in total. The second-order valence-corrected chi connectivity index (χ2v) is 9.84. The van der Waals surface area contributed by atoms with Gasteiger partial charge in [0.25, 0.3) is 11.1 Å². The number of rotatable bonds is 6. The maximum Gasteiger partial charge on any atom is 0.330 e. The van der Waals surface area contributed by atoms with E-state index in [-0.39, 0.29) is 10.8 Å². The molecular formula is C21H25F2IN10O6. The maximum atomic E-state index is 14.4. The Labute approximate surface area is 236 Å². The van der Waals surface area contributed by atoms with Crippen LogP contribution in [0.2, 0.25) is 0 Å². The molecule has 2 N–H and O–H groups in total. The molecule has 4 rings (SSSR count). The second kappa shape index (κ2) is 12.3. The molecule has 2 aromatic heterocycles. The van der Waals surface area contributed by atoms with Gasteiger partial charge in [0.05, 0.1) is 0 Å². The standard InChI is InChI=1S/C11H14FN5O3.C10H11FIN5O3/c1-3-11(15-16-13)6(2)8(12)9(20-11)17-5-4-7(18)14-10(17)19;1-5-7(11)8(20-10(5,4-12)15-16-13)17-3-2-6(18)14-9(17)19/h4-6,8-9H,3H2,1-2H3,(H,14,18,19);2-3,5,7-8H,4H2,1H3,(H,14,18,19)/t6-,8-,9+,11+;5-,7-,8+,10+/m00/s1. The van der Waals surface area contributed by atoms with Crippen molar-refractivity contribution < 1.29 is 18.3 Å². The summed E-state index contributed by atoms with van der Waals surface area (Å²) in [5.41, 5.74) is 11.8. The van der Waals surface area contributed by atoms with Crippen molar-refractivity contribution in [3.05, 3.63) is 87.1 Å². The van der Waals surface area contributed by atoms with Crippen LogP contribution in [0.1, 0.15) is 39.6 Å². The molecule has 19 heteroatoms. The normalized spacial score (nSPS) is 32.9. The molecule has 0 bridgehead atoms. The van der Waals surface area contributed by atoms with E-state index in [4.69, 9.17) is 20.5 Å². The monoisotopic (exact) mass is 678 g/mol. The zero-order valence-electron chi connectivity index (χ0n) is 21.3. The SMILES string of the molecule is CC[C@@]1(N=[N+]=[N-])O[C@@H](n2ccc(=O)[nH]c2=O)[C@@H](F)[C@@H]1C.C[C@H]1[C@H](F)[C@H](n2ccc(=O)[nH]c2=O)O[C@@]1(CI)N=[N+]=[N-]. The highest BCUT2D eigenvalue weighted by Gasteiger charge is 2.54. The highest BCUT2D eigenvalue weighted by molar-refractivity contribution is 14.1. The van der Waals surface area contributed by atoms with E-state index in [0.29, 0.717) is 0 Å². The molecule has 4 heterocycles. The van der Waals surface area contributed by atoms with E-state index in [2.05, 4.69) is 20.1 Å². The molecule has 2 aliphatic heterocycles. The number of nitrogens with zero attached hydrogens (tertiary/aromatic N) is 8. The first kappa shape index (κ1) is 31.0. The van der Waals surface area contributed by atoms with Gasteiger partial charge >= 0.3 is 11.4 Å². The third-order valence-corrected chi connectivity index (χ3v) is 8.04. The van der Waals surface area contributed by atoms with Crippen molar-refractivity contribution in [1.82, 2.24) is 19.1 Å². The molecule has 0 radical (unpaired) electrons. The zero-order valence-corrected chi connectivity index (χ0v) is 23.5. The van der Waals surface area contributed by atoms with Crippen LogP contribution in [0.4, 0.5) is 8.78 Å². The van der Waals surface area contributed by atoms with Gasteiger partial charge < -0.3 is 9.47 Å². The fourth-order valence-corrected chi connectivity index (χ4v) is 5.49. The topological polar surface area (TPSA) is 226 Å². The fraction of sp³-hybridized carbons (Fsp3) is 0.619. The lowest BCUT2D eigenvalue weighted by atomic mass is 9.94. The number of azide groups is 2. The van der Waals surface area contributed by atoms with Gasteiger partial charge in [-0.15, -0.1) is 0 Å². The molecule has 0 aliphatic carbocycles. The van der Waals surface area contributed by atoms with Crippen LogP contribution in [-0.4, -0.2) is 47.3 Å². The van der Waals surface area contributed by atoms with E-state index in [0.717, 1.165) is 33.7 Å². The first-order chi connectivity index (χ1) is 18.9. The molecule has 0 saturated carbocycles. The number of aromatic amines is 2. The van der Waals surface area contributed by atoms with Crippen LogP contribution in [0.3, 0.4) is 0 Å². The van der Waals surface area contributed by atoms with E-state index >= 15 is 0 Å². The number of aromatic nitrogens is 4. The van der Waals surface area contributed by atoms with Gasteiger partial charge in [-0.3, -0.25) is 28.7 Å². The first-order valence-corrected chi connectivity index (χ1v) is 13.4. The minimum Gasteiger partial charge on any atom is -0.342 e. The van der Waals surface area contributed by atoms with Gasteiger partial charge in [0.2, 0.25) is 0 Å². The van der Waals surface area contributed by atoms with Crippen molar-refractivity contribution in [2.24, 2.45) is 22.1 Å². The summed E-state index contributed by atoms with van der Waals surface area (Å²) in [6, 6.07) is 2.20. The maximum absolute atomic E-state index is 14.4. The van der Waals surface area contributed by atoms with Gasteiger partial charge in [0, 0.05) is 50.6 Å². The quantitative estimate of drug-likeness (QED) is 0.153. The largest absolute Gasteiger partial charge is 0.342 e. The highest BCUT2D eigenvalue weighted by atomic mass is 127. The van der Waals surface area contributed by atoms with Crippen molar-refractivity contribution in [2.75, 3.05) is 4.43 Å². The van der Waals surface area contributed by atoms with Gasteiger partial charge in [-0.25, -0.2) is 18.4 Å². The van der Waals surface area contributed by atoms with Crippen LogP contribution in [0.15, 0.2) is 53.9 Å². The van der Waals surface area contributed by atoms with Crippen molar-refractivity contribution in [3.8, 4) is 0 Å². The number of hydrogen-bond acceptors (Lipinski definition) is 8. The molecule has 0 spiro atoms. The molecule has 0 unspecified atom stereocenters. The van der Waals surface area contributed by atoms with Crippen LogP contribution in [0.5, 0.6) is 0 Å². The average Bonchev–Trinajstić information content (AvgIpc) is 3.31. The molecule has 0 amide bonds. The molecule has 2 fully saturated rings. The van der Waals surface area contributed by atoms with E-state index in [1.807, 2.05) is 32.6 Å². The Morgan fingerprint density at radius 3 is 1.68 bits per heavy atom. The number of ether oxygens (including phenoxy) is 2. The molecule has 0 aromatic carbocycles. The van der Waals surface area contributed by atoms with Gasteiger partial charge in [-0.2, -0.15) is 0 Å². The number of hydrogen-bond donors (Lipinski definition) is 2. The Morgan fingerprint density at radius 1 is 0.900 bits per heavy atom. The summed E-state index contributed by atoms with van der Waals surface area (Å²) in [6.07, 6.45) is -2.97. The molecule has 2 aromatic rings. The Hall–Kier alpha value is -3.51. The Balaban J connectivity index is 0.000000220. The van der Waals surface area contributed by atoms with E-state index in [1.165, 1.54) is 0 Å². The molecular weight excluding hydrogens is 653 g/mol. The molecule has 8 atom stereocenters. The predicted molar refractivity (Wildman–Crippen MR) is 144 cm³/mol. The van der Waals surface area contributed by atoms with Gasteiger partial charge in [0.1, 0.15) is 0 Å². The predicted octanol–water partition coefficient (Wildman–Crippen LogP) is 2.94. The average molecular weight is 678 g/mol. The van der Waals surface area contributed by atoms with Crippen LogP contribution >= 0.6 is 22.6 Å². The van der Waals surface area contributed by atoms with E-state index in [9.17, 15) is 28.0 Å². The van der Waals surface area contributed by atoms with Crippen LogP contribution < -0.4 is 22.5 Å². The summed E-state index contributed by atoms with van der Waals surface area (Å²) in [7, 11) is 0. The zero-order chi connectivity index (χ0) is 29.8. The molecule has 2 saturated heterocycles. The Kier molecular flexibility index (Phi) is 9.57. The number of H-pyrrole nitrogens is 2. The Bertz CT molecular complexity index is 1450. The minimum atomic E-state index is -1.54. The second-order valence-electron chi connectivity index (χ2n) is 9.07. The first-order valence-electron chi connectivity index (χ1n) is 11.9. The van der Waals surface area contributed by atoms with Gasteiger partial charge in [-0.1, -0.05) is 53.6 Å². The third-order valence-electron chi connectivity index (χ3n) is 6.95. The molecule has 2 aliphatic rings. The minimum absolute atomic E-state index is 0.241. The van der Waals surface area contributed by atoms with Gasteiger partial charge in [0.15, 0.2) is 36.2 Å². The summed E-state index contributed by atoms with van der Waals surface area (Å²) < 4.78 is 41.9. The van der Waals surface area contributed by atoms with Crippen molar-refractivity contribution in [1.29, 1.82) is 0 Å². The third kappa shape index (κ3) is 5.68. The lowest BCUT2D eigenvalue weighted by molar-refractivity contribution is -0.0878. The number of alkyl halides is 3. The summed E-state index contributed by atoms with van der Waals surface area (Å²) in [6.45, 7) is 4.81. The Morgan fingerprint density at radius 2 is 1.30 bits per heavy atom. The van der Waals surface area contributed by atoms with Gasteiger partial charge in [-0.05, 0) is 17.5 Å². The number of halogens is 3. The number of nitrogens with one attached hydrogen (secondary N) is 2. The summed E-state index contributed by atoms with van der Waals surface area (Å²) in [5.74, 6) is -1.44. The van der Waals surface area contributed by atoms with Crippen LogP contribution in [0.25, 0.3) is 20.9 Å². The fourth-order valence-electron chi connectivity index (χ4n) is 4.47. The molecule has 40 heavy (non-hydrogen) atoms. The smallest absolute Gasteiger partial charge is 0.330 e. The van der Waals surface area contributed by atoms with E-state index < -0.39 is 70.6 Å². The van der Waals surface area contributed by atoms with Crippen molar-refractivity contribution >= 4 is 22.6 Å². The lowest BCUT2D eigenvalue weighted by Gasteiger charge is -2.25. The molecule has 216 valence electrons. The van der Waals surface area contributed by atoms with Crippen molar-refractivity contribution in [2.45, 2.75) is 63.4 Å².